The number of fused-ring (bicyclic) bond motifs is 1. The molecular weight excluding hydrogens is 472 g/mol. The van der Waals surface area contributed by atoms with Gasteiger partial charge in [0, 0.05) is 35.1 Å². The Balaban J connectivity index is 1.16. The molecule has 0 spiro atoms. The molecule has 1 aliphatic rings. The number of hydrogen-bond acceptors (Lipinski definition) is 6. The van der Waals surface area contributed by atoms with E-state index >= 15 is 0 Å². The number of hydrazine groups is 1. The van der Waals surface area contributed by atoms with Gasteiger partial charge >= 0.3 is 5.91 Å². The summed E-state index contributed by atoms with van der Waals surface area (Å²) in [4.78, 5) is 12.4. The molecule has 7 nitrogen and oxygen atoms in total. The summed E-state index contributed by atoms with van der Waals surface area (Å²) in [5, 5.41) is 14.8. The summed E-state index contributed by atoms with van der Waals surface area (Å²) in [5.74, 6) is -0.409. The van der Waals surface area contributed by atoms with Crippen LogP contribution in [0.2, 0.25) is 10.0 Å². The molecule has 0 radical (unpaired) electrons. The molecule has 1 aromatic heterocycles. The van der Waals surface area contributed by atoms with Crippen molar-refractivity contribution in [2.45, 2.75) is 37.5 Å². The molecule has 1 aliphatic carbocycles. The minimum absolute atomic E-state index is 0.0210. The molecule has 0 saturated heterocycles. The number of furan rings is 1. The second kappa shape index (κ2) is 10.7. The fourth-order valence-corrected chi connectivity index (χ4v) is 4.07. The minimum Gasteiger partial charge on any atom is -0.491 e. The Bertz CT molecular complexity index is 1130. The molecule has 0 aliphatic heterocycles. The van der Waals surface area contributed by atoms with Crippen LogP contribution in [0.1, 0.15) is 29.8 Å². The molecule has 1 amide bonds. The van der Waals surface area contributed by atoms with E-state index in [1.807, 2.05) is 0 Å². The largest absolute Gasteiger partial charge is 0.491 e. The summed E-state index contributed by atoms with van der Waals surface area (Å²) in [6.45, 7) is 0.364. The zero-order chi connectivity index (χ0) is 23.4. The average molecular weight is 496 g/mol. The quantitative estimate of drug-likeness (QED) is 0.334. The van der Waals surface area contributed by atoms with Crippen molar-refractivity contribution in [2.75, 3.05) is 13.2 Å². The number of halogens is 3. The van der Waals surface area contributed by atoms with E-state index < -0.39 is 11.9 Å². The predicted octanol–water partition coefficient (Wildman–Crippen LogP) is 4.06. The van der Waals surface area contributed by atoms with Crippen molar-refractivity contribution in [3.63, 3.8) is 0 Å². The molecule has 176 valence electrons. The highest BCUT2D eigenvalue weighted by molar-refractivity contribution is 6.31. The molecule has 4 rings (SSSR count). The van der Waals surface area contributed by atoms with Crippen LogP contribution in [-0.4, -0.2) is 42.4 Å². The van der Waals surface area contributed by atoms with Crippen molar-refractivity contribution in [1.82, 2.24) is 16.2 Å². The van der Waals surface area contributed by atoms with E-state index in [0.717, 1.165) is 24.6 Å². The van der Waals surface area contributed by atoms with E-state index in [9.17, 15) is 14.3 Å². The van der Waals surface area contributed by atoms with Gasteiger partial charge in [-0.1, -0.05) is 23.2 Å². The number of aliphatic hydroxyl groups is 1. The number of aliphatic hydroxyl groups excluding tert-OH is 1. The Labute approximate surface area is 200 Å². The van der Waals surface area contributed by atoms with Gasteiger partial charge in [0.25, 0.3) is 0 Å². The number of hydrogen-bond donors (Lipinski definition) is 4. The second-order valence-corrected chi connectivity index (χ2v) is 8.89. The Morgan fingerprint density at radius 1 is 1.18 bits per heavy atom. The van der Waals surface area contributed by atoms with Gasteiger partial charge < -0.3 is 19.6 Å². The van der Waals surface area contributed by atoms with E-state index in [4.69, 9.17) is 32.4 Å². The summed E-state index contributed by atoms with van der Waals surface area (Å²) in [7, 11) is 0. The smallest absolute Gasteiger partial charge is 0.301 e. The third-order valence-corrected chi connectivity index (χ3v) is 6.04. The monoisotopic (exact) mass is 495 g/mol. The van der Waals surface area contributed by atoms with Crippen LogP contribution in [0.3, 0.4) is 0 Å². The average Bonchev–Trinajstić information content (AvgIpc) is 3.43. The number of ether oxygens (including phenoxy) is 1. The highest BCUT2D eigenvalue weighted by Gasteiger charge is 2.25. The van der Waals surface area contributed by atoms with Gasteiger partial charge in [0.05, 0.1) is 5.02 Å². The molecule has 3 aromatic rings. The lowest BCUT2D eigenvalue weighted by atomic mass is 10.2. The minimum atomic E-state index is -0.753. The Morgan fingerprint density at radius 2 is 2.00 bits per heavy atom. The summed E-state index contributed by atoms with van der Waals surface area (Å²) in [6.07, 6.45) is 1.79. The lowest BCUT2D eigenvalue weighted by Crippen LogP contribution is -2.44. The zero-order valence-electron chi connectivity index (χ0n) is 17.6. The topological polar surface area (TPSA) is 95.8 Å². The van der Waals surface area contributed by atoms with Gasteiger partial charge in [0.1, 0.15) is 29.9 Å². The molecular formula is C23H24Cl2FN3O4. The van der Waals surface area contributed by atoms with Gasteiger partial charge in [-0.3, -0.25) is 10.2 Å². The molecule has 4 N–H and O–H groups in total. The Kier molecular flexibility index (Phi) is 7.72. The van der Waals surface area contributed by atoms with Gasteiger partial charge in [0.15, 0.2) is 5.76 Å². The highest BCUT2D eigenvalue weighted by Crippen LogP contribution is 2.24. The molecule has 10 heteroatoms. The third-order valence-electron chi connectivity index (χ3n) is 5.50. The molecule has 3 atom stereocenters. The molecule has 1 heterocycles. The number of nitrogens with one attached hydrogen (secondary N) is 3. The van der Waals surface area contributed by atoms with Crippen molar-refractivity contribution in [1.29, 1.82) is 0 Å². The lowest BCUT2D eigenvalue weighted by molar-refractivity contribution is 0.0898. The predicted molar refractivity (Wildman–Crippen MR) is 124 cm³/mol. The Hall–Kier alpha value is -2.36. The third kappa shape index (κ3) is 6.37. The fraction of sp³-hybridized carbons (Fsp3) is 0.348. The van der Waals surface area contributed by atoms with E-state index in [1.165, 1.54) is 12.1 Å². The van der Waals surface area contributed by atoms with Crippen LogP contribution < -0.4 is 20.9 Å². The maximum atomic E-state index is 13.4. The molecule has 1 fully saturated rings. The number of carbonyl (C=O) groups is 1. The molecule has 33 heavy (non-hydrogen) atoms. The summed E-state index contributed by atoms with van der Waals surface area (Å²) >= 11 is 11.6. The molecule has 0 bridgehead atoms. The SMILES string of the molecule is O=C(NNC1CCC(NCC(O)COc2ccc(Cl)c(F)c2)C1)c1cc2cc(Cl)ccc2o1. The lowest BCUT2D eigenvalue weighted by Gasteiger charge is -2.18. The van der Waals surface area contributed by atoms with Crippen molar-refractivity contribution in [3.8, 4) is 5.75 Å². The summed E-state index contributed by atoms with van der Waals surface area (Å²) in [6, 6.07) is 11.3. The molecule has 1 saturated carbocycles. The van der Waals surface area contributed by atoms with E-state index in [2.05, 4.69) is 16.2 Å². The van der Waals surface area contributed by atoms with E-state index in [0.29, 0.717) is 22.9 Å². The standard InChI is InChI=1S/C23H24Cl2FN3O4/c24-14-1-6-21-13(7-14)8-22(33-21)23(31)29-28-16-3-2-15(9-16)27-11-17(30)12-32-18-4-5-19(25)20(26)10-18/h1,4-8,10,15-17,27-28,30H,2-3,9,11-12H2,(H,29,31). The zero-order valence-corrected chi connectivity index (χ0v) is 19.1. The maximum absolute atomic E-state index is 13.4. The van der Waals surface area contributed by atoms with Gasteiger partial charge in [-0.15, -0.1) is 0 Å². The summed E-state index contributed by atoms with van der Waals surface area (Å²) in [5.41, 5.74) is 6.34. The van der Waals surface area contributed by atoms with Crippen molar-refractivity contribution < 1.29 is 23.4 Å². The number of carbonyl (C=O) groups excluding carboxylic acids is 1. The van der Waals surface area contributed by atoms with Crippen LogP contribution in [0.5, 0.6) is 5.75 Å². The van der Waals surface area contributed by atoms with Crippen molar-refractivity contribution in [2.24, 2.45) is 0 Å². The van der Waals surface area contributed by atoms with Crippen LogP contribution in [-0.2, 0) is 0 Å². The number of benzene rings is 2. The first-order valence-electron chi connectivity index (χ1n) is 10.6. The van der Waals surface area contributed by atoms with Gasteiger partial charge in [0.2, 0.25) is 0 Å². The first-order valence-corrected chi connectivity index (χ1v) is 11.4. The molecule has 3 unspecified atom stereocenters. The second-order valence-electron chi connectivity index (χ2n) is 8.05. The van der Waals surface area contributed by atoms with Crippen molar-refractivity contribution in [3.05, 3.63) is 64.1 Å². The van der Waals surface area contributed by atoms with Crippen LogP contribution in [0.25, 0.3) is 11.0 Å². The molecule has 2 aromatic carbocycles. The highest BCUT2D eigenvalue weighted by atomic mass is 35.5. The van der Waals surface area contributed by atoms with E-state index in [1.54, 1.807) is 30.3 Å². The van der Waals surface area contributed by atoms with Crippen molar-refractivity contribution >= 4 is 40.1 Å². The maximum Gasteiger partial charge on any atom is 0.301 e. The van der Waals surface area contributed by atoms with Gasteiger partial charge in [-0.2, -0.15) is 0 Å². The normalized spacial score (nSPS) is 19.0. The van der Waals surface area contributed by atoms with Gasteiger partial charge in [-0.25, -0.2) is 9.82 Å². The fourth-order valence-electron chi connectivity index (χ4n) is 3.77. The van der Waals surface area contributed by atoms with Crippen LogP contribution >= 0.6 is 23.2 Å². The number of rotatable bonds is 9. The number of amides is 1. The van der Waals surface area contributed by atoms with Crippen LogP contribution in [0.4, 0.5) is 4.39 Å². The first-order chi connectivity index (χ1) is 15.9. The van der Waals surface area contributed by atoms with Crippen LogP contribution in [0.15, 0.2) is 46.9 Å². The summed E-state index contributed by atoms with van der Waals surface area (Å²) < 4.78 is 24.4. The van der Waals surface area contributed by atoms with Crippen LogP contribution in [0, 0.1) is 5.82 Å². The first kappa shape index (κ1) is 23.8. The van der Waals surface area contributed by atoms with Gasteiger partial charge in [-0.05, 0) is 55.7 Å². The van der Waals surface area contributed by atoms with E-state index in [-0.39, 0.29) is 35.4 Å². The Morgan fingerprint density at radius 3 is 2.82 bits per heavy atom.